The predicted molar refractivity (Wildman–Crippen MR) is 68.8 cm³/mol. The zero-order valence-electron chi connectivity index (χ0n) is 10.6. The molecule has 0 spiro atoms. The molecule has 4 nitrogen and oxygen atoms in total. The number of likely N-dealkylation sites (N-methyl/N-ethyl adjacent to an activating group) is 1. The van der Waals surface area contributed by atoms with Gasteiger partial charge in [-0.1, -0.05) is 36.8 Å². The molecule has 0 radical (unpaired) electrons. The number of amides is 2. The van der Waals surface area contributed by atoms with Gasteiger partial charge in [-0.2, -0.15) is 0 Å². The van der Waals surface area contributed by atoms with Gasteiger partial charge in [0.05, 0.1) is 12.0 Å². The zero-order valence-corrected chi connectivity index (χ0v) is 10.6. The Morgan fingerprint density at radius 3 is 2.33 bits per heavy atom. The topological polar surface area (TPSA) is 63.4 Å². The quantitative estimate of drug-likeness (QED) is 0.863. The first kappa shape index (κ1) is 12.6. The van der Waals surface area contributed by atoms with E-state index >= 15 is 0 Å². The number of hydrogen-bond donors (Lipinski definition) is 1. The minimum Gasteiger partial charge on any atom is -0.368 e. The standard InChI is InChI=1S/C14H18N2O2/c1-16(10-12(15)17)13(18)14(8-5-9-14)11-6-3-2-4-7-11/h2-4,6-7H,5,8-10H2,1H3,(H2,15,17). The molecular formula is C14H18N2O2. The molecule has 4 heteroatoms. The lowest BCUT2D eigenvalue weighted by atomic mass is 9.63. The predicted octanol–water partition coefficient (Wildman–Crippen LogP) is 1.05. The van der Waals surface area contributed by atoms with Gasteiger partial charge in [0.2, 0.25) is 11.8 Å². The third-order valence-electron chi connectivity index (χ3n) is 3.68. The minimum absolute atomic E-state index is 0.00116. The summed E-state index contributed by atoms with van der Waals surface area (Å²) >= 11 is 0. The fraction of sp³-hybridized carbons (Fsp3) is 0.429. The number of primary amides is 1. The summed E-state index contributed by atoms with van der Waals surface area (Å²) < 4.78 is 0. The first-order chi connectivity index (χ1) is 8.56. The van der Waals surface area contributed by atoms with E-state index in [0.717, 1.165) is 24.8 Å². The van der Waals surface area contributed by atoms with Gasteiger partial charge in [0, 0.05) is 7.05 Å². The second-order valence-corrected chi connectivity index (χ2v) is 4.93. The van der Waals surface area contributed by atoms with Gasteiger partial charge in [-0.15, -0.1) is 0 Å². The zero-order chi connectivity index (χ0) is 13.2. The fourth-order valence-electron chi connectivity index (χ4n) is 2.58. The average Bonchev–Trinajstić information content (AvgIpc) is 2.28. The van der Waals surface area contributed by atoms with Crippen LogP contribution in [0.15, 0.2) is 30.3 Å². The van der Waals surface area contributed by atoms with Crippen molar-refractivity contribution >= 4 is 11.8 Å². The van der Waals surface area contributed by atoms with Crippen molar-refractivity contribution in [3.8, 4) is 0 Å². The molecule has 2 amide bonds. The Bertz CT molecular complexity index is 452. The highest BCUT2D eigenvalue weighted by Crippen LogP contribution is 2.44. The van der Waals surface area contributed by atoms with Crippen molar-refractivity contribution in [1.82, 2.24) is 4.90 Å². The minimum atomic E-state index is -0.478. The van der Waals surface area contributed by atoms with Crippen LogP contribution >= 0.6 is 0 Å². The maximum atomic E-state index is 12.5. The van der Waals surface area contributed by atoms with E-state index in [4.69, 9.17) is 5.73 Å². The van der Waals surface area contributed by atoms with Gasteiger partial charge in [0.1, 0.15) is 0 Å². The molecule has 0 heterocycles. The third-order valence-corrected chi connectivity index (χ3v) is 3.68. The maximum Gasteiger partial charge on any atom is 0.237 e. The van der Waals surface area contributed by atoms with Crippen LogP contribution in [0.25, 0.3) is 0 Å². The lowest BCUT2D eigenvalue weighted by Crippen LogP contribution is -2.51. The number of rotatable bonds is 4. The van der Waals surface area contributed by atoms with Crippen LogP contribution in [0.3, 0.4) is 0 Å². The highest BCUT2D eigenvalue weighted by Gasteiger charge is 2.46. The van der Waals surface area contributed by atoms with Crippen LogP contribution in [0.5, 0.6) is 0 Å². The van der Waals surface area contributed by atoms with Crippen molar-refractivity contribution in [1.29, 1.82) is 0 Å². The number of nitrogens with two attached hydrogens (primary N) is 1. The van der Waals surface area contributed by atoms with Crippen molar-refractivity contribution in [2.75, 3.05) is 13.6 Å². The Morgan fingerprint density at radius 1 is 1.28 bits per heavy atom. The second kappa shape index (κ2) is 4.80. The summed E-state index contributed by atoms with van der Waals surface area (Å²) in [5.74, 6) is -0.480. The van der Waals surface area contributed by atoms with E-state index in [1.165, 1.54) is 4.90 Å². The van der Waals surface area contributed by atoms with Crippen molar-refractivity contribution in [2.24, 2.45) is 5.73 Å². The third kappa shape index (κ3) is 2.10. The van der Waals surface area contributed by atoms with Gasteiger partial charge in [-0.3, -0.25) is 9.59 Å². The van der Waals surface area contributed by atoms with E-state index in [0.29, 0.717) is 0 Å². The van der Waals surface area contributed by atoms with Gasteiger partial charge in [0.15, 0.2) is 0 Å². The molecule has 1 aromatic carbocycles. The van der Waals surface area contributed by atoms with Crippen molar-refractivity contribution < 1.29 is 9.59 Å². The largest absolute Gasteiger partial charge is 0.368 e. The molecule has 1 aliphatic rings. The van der Waals surface area contributed by atoms with Crippen LogP contribution < -0.4 is 5.73 Å². The lowest BCUT2D eigenvalue weighted by molar-refractivity contribution is -0.142. The monoisotopic (exact) mass is 246 g/mol. The van der Waals surface area contributed by atoms with E-state index in [2.05, 4.69) is 0 Å². The second-order valence-electron chi connectivity index (χ2n) is 4.93. The molecule has 2 N–H and O–H groups in total. The number of hydrogen-bond acceptors (Lipinski definition) is 2. The molecular weight excluding hydrogens is 228 g/mol. The van der Waals surface area contributed by atoms with Gasteiger partial charge in [-0.05, 0) is 18.4 Å². The molecule has 18 heavy (non-hydrogen) atoms. The van der Waals surface area contributed by atoms with Crippen LogP contribution in [0.2, 0.25) is 0 Å². The molecule has 0 aliphatic heterocycles. The average molecular weight is 246 g/mol. The molecule has 1 fully saturated rings. The molecule has 1 saturated carbocycles. The summed E-state index contributed by atoms with van der Waals surface area (Å²) in [7, 11) is 1.64. The van der Waals surface area contributed by atoms with Gasteiger partial charge in [0.25, 0.3) is 0 Å². The molecule has 0 saturated heterocycles. The first-order valence-electron chi connectivity index (χ1n) is 6.16. The summed E-state index contributed by atoms with van der Waals surface area (Å²) in [6, 6.07) is 9.78. The Hall–Kier alpha value is -1.84. The van der Waals surface area contributed by atoms with Crippen molar-refractivity contribution in [3.05, 3.63) is 35.9 Å². The lowest BCUT2D eigenvalue weighted by Gasteiger charge is -2.43. The number of benzene rings is 1. The van der Waals surface area contributed by atoms with Crippen LogP contribution in [0, 0.1) is 0 Å². The van der Waals surface area contributed by atoms with Crippen LogP contribution in [-0.2, 0) is 15.0 Å². The Labute approximate surface area is 107 Å². The van der Waals surface area contributed by atoms with E-state index in [1.807, 2.05) is 30.3 Å². The summed E-state index contributed by atoms with van der Waals surface area (Å²) in [6.45, 7) is -0.0204. The Morgan fingerprint density at radius 2 is 1.89 bits per heavy atom. The Balaban J connectivity index is 2.23. The first-order valence-corrected chi connectivity index (χ1v) is 6.16. The van der Waals surface area contributed by atoms with Crippen LogP contribution in [-0.4, -0.2) is 30.3 Å². The molecule has 1 aliphatic carbocycles. The number of nitrogens with zero attached hydrogens (tertiary/aromatic N) is 1. The molecule has 0 aromatic heterocycles. The highest BCUT2D eigenvalue weighted by atomic mass is 16.2. The molecule has 0 unspecified atom stereocenters. The van der Waals surface area contributed by atoms with Gasteiger partial charge >= 0.3 is 0 Å². The number of carbonyl (C=O) groups excluding carboxylic acids is 2. The maximum absolute atomic E-state index is 12.5. The highest BCUT2D eigenvalue weighted by molar-refractivity contribution is 5.91. The van der Waals surface area contributed by atoms with E-state index in [9.17, 15) is 9.59 Å². The van der Waals surface area contributed by atoms with Gasteiger partial charge < -0.3 is 10.6 Å². The molecule has 1 aromatic rings. The van der Waals surface area contributed by atoms with E-state index in [1.54, 1.807) is 7.05 Å². The smallest absolute Gasteiger partial charge is 0.237 e. The molecule has 96 valence electrons. The van der Waals surface area contributed by atoms with E-state index < -0.39 is 11.3 Å². The SMILES string of the molecule is CN(CC(N)=O)C(=O)C1(c2ccccc2)CCC1. The fourth-order valence-corrected chi connectivity index (χ4v) is 2.58. The van der Waals surface area contributed by atoms with Crippen molar-refractivity contribution in [3.63, 3.8) is 0 Å². The molecule has 2 rings (SSSR count). The van der Waals surface area contributed by atoms with Crippen LogP contribution in [0.1, 0.15) is 24.8 Å². The summed E-state index contributed by atoms with van der Waals surface area (Å²) in [5, 5.41) is 0. The number of carbonyl (C=O) groups is 2. The van der Waals surface area contributed by atoms with E-state index in [-0.39, 0.29) is 12.5 Å². The molecule has 0 bridgehead atoms. The summed E-state index contributed by atoms with van der Waals surface area (Å²) in [6.07, 6.45) is 2.74. The molecule has 0 atom stereocenters. The Kier molecular flexibility index (Phi) is 3.36. The normalized spacial score (nSPS) is 16.7. The summed E-state index contributed by atoms with van der Waals surface area (Å²) in [5.41, 5.74) is 5.74. The van der Waals surface area contributed by atoms with Crippen molar-refractivity contribution in [2.45, 2.75) is 24.7 Å². The van der Waals surface area contributed by atoms with Crippen LogP contribution in [0.4, 0.5) is 0 Å². The van der Waals surface area contributed by atoms with Gasteiger partial charge in [-0.25, -0.2) is 0 Å². The summed E-state index contributed by atoms with van der Waals surface area (Å²) in [4.78, 5) is 24.9.